The molecule has 0 fully saturated rings. The molecule has 0 saturated heterocycles. The largest absolute Gasteiger partial charge is 0.497 e. The summed E-state index contributed by atoms with van der Waals surface area (Å²) in [6, 6.07) is 9.88. The normalized spacial score (nSPS) is 10.5. The summed E-state index contributed by atoms with van der Waals surface area (Å²) >= 11 is 0. The Labute approximate surface area is 196 Å². The highest BCUT2D eigenvalue weighted by molar-refractivity contribution is 6.03. The first kappa shape index (κ1) is 24.4. The van der Waals surface area contributed by atoms with E-state index in [-0.39, 0.29) is 24.5 Å². The van der Waals surface area contributed by atoms with Gasteiger partial charge in [-0.3, -0.25) is 20.0 Å². The summed E-state index contributed by atoms with van der Waals surface area (Å²) < 4.78 is 21.4. The Bertz CT molecular complexity index is 1160. The van der Waals surface area contributed by atoms with Gasteiger partial charge in [0.1, 0.15) is 11.5 Å². The van der Waals surface area contributed by atoms with Gasteiger partial charge in [0.2, 0.25) is 5.95 Å². The molecule has 2 aromatic carbocycles. The van der Waals surface area contributed by atoms with Gasteiger partial charge in [-0.15, -0.1) is 5.10 Å². The van der Waals surface area contributed by atoms with Crippen molar-refractivity contribution in [2.75, 3.05) is 33.3 Å². The van der Waals surface area contributed by atoms with Crippen LogP contribution in [-0.4, -0.2) is 61.0 Å². The van der Waals surface area contributed by atoms with E-state index in [1.807, 2.05) is 13.8 Å². The lowest BCUT2D eigenvalue weighted by molar-refractivity contribution is -0.123. The third-order valence-electron chi connectivity index (χ3n) is 4.61. The third-order valence-corrected chi connectivity index (χ3v) is 4.61. The molecule has 3 rings (SSSR count). The van der Waals surface area contributed by atoms with Crippen LogP contribution in [0.1, 0.15) is 24.2 Å². The molecule has 0 radical (unpaired) electrons. The van der Waals surface area contributed by atoms with E-state index in [0.29, 0.717) is 39.9 Å². The van der Waals surface area contributed by atoms with Crippen molar-refractivity contribution in [2.24, 2.45) is 0 Å². The standard InChI is InChI=1S/C23H27N5O6/c1-13(2)24-20(29)12-34-17-9-6-14(10-19(17)33-5)22(30)26-23-25-21(27-28-23)16-8-7-15(31-3)11-18(16)32-4/h6-11,13H,12H2,1-5H3,(H,24,29)(H2,25,26,27,28,30). The maximum atomic E-state index is 12.7. The zero-order chi connectivity index (χ0) is 24.7. The van der Waals surface area contributed by atoms with Crippen LogP contribution in [0.15, 0.2) is 36.4 Å². The predicted molar refractivity (Wildman–Crippen MR) is 125 cm³/mol. The number of carbonyl (C=O) groups is 2. The van der Waals surface area contributed by atoms with Crippen molar-refractivity contribution >= 4 is 17.8 Å². The molecule has 0 atom stereocenters. The van der Waals surface area contributed by atoms with Crippen molar-refractivity contribution in [3.05, 3.63) is 42.0 Å². The summed E-state index contributed by atoms with van der Waals surface area (Å²) in [5.74, 6) is 1.61. The van der Waals surface area contributed by atoms with E-state index >= 15 is 0 Å². The van der Waals surface area contributed by atoms with E-state index in [1.165, 1.54) is 20.3 Å². The smallest absolute Gasteiger partial charge is 0.258 e. The molecule has 0 aliphatic heterocycles. The number of methoxy groups -OCH3 is 3. The molecular formula is C23H27N5O6. The number of rotatable bonds is 10. The van der Waals surface area contributed by atoms with E-state index in [0.717, 1.165) is 0 Å². The van der Waals surface area contributed by atoms with Crippen molar-refractivity contribution in [1.82, 2.24) is 20.5 Å². The molecule has 0 spiro atoms. The van der Waals surface area contributed by atoms with Crippen LogP contribution in [0, 0.1) is 0 Å². The summed E-state index contributed by atoms with van der Waals surface area (Å²) in [7, 11) is 4.55. The Morgan fingerprint density at radius 1 is 0.971 bits per heavy atom. The van der Waals surface area contributed by atoms with E-state index in [4.69, 9.17) is 18.9 Å². The highest BCUT2D eigenvalue weighted by atomic mass is 16.5. The average molecular weight is 469 g/mol. The minimum atomic E-state index is -0.449. The average Bonchev–Trinajstić information content (AvgIpc) is 3.29. The van der Waals surface area contributed by atoms with Crippen molar-refractivity contribution in [1.29, 1.82) is 0 Å². The van der Waals surface area contributed by atoms with Crippen molar-refractivity contribution in [3.8, 4) is 34.4 Å². The van der Waals surface area contributed by atoms with Gasteiger partial charge in [0.05, 0.1) is 26.9 Å². The minimum absolute atomic E-state index is 0.00559. The minimum Gasteiger partial charge on any atom is -0.497 e. The summed E-state index contributed by atoms with van der Waals surface area (Å²) in [6.45, 7) is 3.54. The van der Waals surface area contributed by atoms with E-state index in [2.05, 4.69) is 25.8 Å². The van der Waals surface area contributed by atoms with Gasteiger partial charge in [-0.1, -0.05) is 0 Å². The number of H-pyrrole nitrogens is 1. The number of ether oxygens (including phenoxy) is 4. The van der Waals surface area contributed by atoms with Crippen LogP contribution in [0.4, 0.5) is 5.95 Å². The van der Waals surface area contributed by atoms with Gasteiger partial charge in [0.25, 0.3) is 11.8 Å². The van der Waals surface area contributed by atoms with Crippen LogP contribution in [-0.2, 0) is 4.79 Å². The lowest BCUT2D eigenvalue weighted by Gasteiger charge is -2.13. The van der Waals surface area contributed by atoms with Gasteiger partial charge in [-0.05, 0) is 44.2 Å². The molecule has 3 aromatic rings. The van der Waals surface area contributed by atoms with Gasteiger partial charge >= 0.3 is 0 Å². The molecule has 3 N–H and O–H groups in total. The summed E-state index contributed by atoms with van der Waals surface area (Å²) in [5, 5.41) is 12.2. The Hall–Kier alpha value is -4.28. The number of benzene rings is 2. The number of aromatic nitrogens is 3. The van der Waals surface area contributed by atoms with Gasteiger partial charge in [0.15, 0.2) is 23.9 Å². The quantitative estimate of drug-likeness (QED) is 0.412. The second kappa shape index (κ2) is 11.0. The Balaban J connectivity index is 1.70. The highest BCUT2D eigenvalue weighted by Crippen LogP contribution is 2.32. The first-order chi connectivity index (χ1) is 16.3. The number of nitrogens with one attached hydrogen (secondary N) is 3. The van der Waals surface area contributed by atoms with Gasteiger partial charge in [-0.25, -0.2) is 0 Å². The first-order valence-corrected chi connectivity index (χ1v) is 10.4. The second-order valence-corrected chi connectivity index (χ2v) is 7.40. The third kappa shape index (κ3) is 5.94. The number of hydrogen-bond donors (Lipinski definition) is 3. The van der Waals surface area contributed by atoms with Crippen LogP contribution in [0.2, 0.25) is 0 Å². The molecule has 1 aromatic heterocycles. The summed E-state index contributed by atoms with van der Waals surface area (Å²) in [6.07, 6.45) is 0. The number of amides is 2. The molecule has 2 amide bonds. The maximum absolute atomic E-state index is 12.7. The molecule has 180 valence electrons. The highest BCUT2D eigenvalue weighted by Gasteiger charge is 2.16. The Kier molecular flexibility index (Phi) is 7.91. The molecular weight excluding hydrogens is 442 g/mol. The fraction of sp³-hybridized carbons (Fsp3) is 0.304. The fourth-order valence-electron chi connectivity index (χ4n) is 3.04. The molecule has 0 aliphatic rings. The van der Waals surface area contributed by atoms with Gasteiger partial charge < -0.3 is 24.3 Å². The molecule has 34 heavy (non-hydrogen) atoms. The number of hydrogen-bond acceptors (Lipinski definition) is 8. The van der Waals surface area contributed by atoms with Crippen molar-refractivity contribution < 1.29 is 28.5 Å². The molecule has 0 bridgehead atoms. The lowest BCUT2D eigenvalue weighted by Crippen LogP contribution is -2.34. The molecule has 11 heteroatoms. The van der Waals surface area contributed by atoms with Crippen LogP contribution < -0.4 is 29.6 Å². The topological polar surface area (TPSA) is 137 Å². The van der Waals surface area contributed by atoms with Gasteiger partial charge in [-0.2, -0.15) is 4.98 Å². The lowest BCUT2D eigenvalue weighted by atomic mass is 10.2. The zero-order valence-corrected chi connectivity index (χ0v) is 19.6. The van der Waals surface area contributed by atoms with Crippen molar-refractivity contribution in [3.63, 3.8) is 0 Å². The van der Waals surface area contributed by atoms with Crippen LogP contribution in [0.5, 0.6) is 23.0 Å². The molecule has 11 nitrogen and oxygen atoms in total. The van der Waals surface area contributed by atoms with E-state index in [9.17, 15) is 9.59 Å². The fourth-order valence-corrected chi connectivity index (χ4v) is 3.04. The summed E-state index contributed by atoms with van der Waals surface area (Å²) in [4.78, 5) is 28.9. The number of carbonyl (C=O) groups excluding carboxylic acids is 2. The van der Waals surface area contributed by atoms with Crippen LogP contribution in [0.3, 0.4) is 0 Å². The SMILES string of the molecule is COc1ccc(-c2nc(NC(=O)c3ccc(OCC(=O)NC(C)C)c(OC)c3)n[nH]2)c(OC)c1. The number of aromatic amines is 1. The molecule has 0 unspecified atom stereocenters. The molecule has 0 aliphatic carbocycles. The Morgan fingerprint density at radius 2 is 1.74 bits per heavy atom. The summed E-state index contributed by atoms with van der Waals surface area (Å²) in [5.41, 5.74) is 0.949. The molecule has 0 saturated carbocycles. The van der Waals surface area contributed by atoms with Crippen LogP contribution in [0.25, 0.3) is 11.4 Å². The van der Waals surface area contributed by atoms with E-state index < -0.39 is 5.91 Å². The monoisotopic (exact) mass is 469 g/mol. The molecule has 1 heterocycles. The van der Waals surface area contributed by atoms with E-state index in [1.54, 1.807) is 37.4 Å². The first-order valence-electron chi connectivity index (χ1n) is 10.4. The number of nitrogens with zero attached hydrogens (tertiary/aromatic N) is 2. The second-order valence-electron chi connectivity index (χ2n) is 7.40. The predicted octanol–water partition coefficient (Wildman–Crippen LogP) is 2.65. The zero-order valence-electron chi connectivity index (χ0n) is 19.6. The number of anilines is 1. The van der Waals surface area contributed by atoms with Gasteiger partial charge in [0, 0.05) is 17.7 Å². The van der Waals surface area contributed by atoms with Crippen LogP contribution >= 0.6 is 0 Å². The van der Waals surface area contributed by atoms with Crippen molar-refractivity contribution in [2.45, 2.75) is 19.9 Å². The maximum Gasteiger partial charge on any atom is 0.258 e. The Morgan fingerprint density at radius 3 is 2.41 bits per heavy atom.